The van der Waals surface area contributed by atoms with Gasteiger partial charge in [-0.1, -0.05) is 13.8 Å². The summed E-state index contributed by atoms with van der Waals surface area (Å²) < 4.78 is 0. The van der Waals surface area contributed by atoms with Crippen LogP contribution in [0.1, 0.15) is 20.3 Å². The third kappa shape index (κ3) is 1.71. The molecule has 1 fully saturated rings. The number of anilines is 2. The fourth-order valence-corrected chi connectivity index (χ4v) is 2.24. The summed E-state index contributed by atoms with van der Waals surface area (Å²) >= 11 is 0. The van der Waals surface area contributed by atoms with Gasteiger partial charge in [0, 0.05) is 40.6 Å². The quantitative estimate of drug-likeness (QED) is 0.775. The number of fused-ring (bicyclic) bond motifs is 1. The summed E-state index contributed by atoms with van der Waals surface area (Å²) in [5.41, 5.74) is 8.32. The molecule has 0 saturated heterocycles. The lowest BCUT2D eigenvalue weighted by molar-refractivity contribution is 0.631. The van der Waals surface area contributed by atoms with Gasteiger partial charge in [-0.25, -0.2) is 0 Å². The van der Waals surface area contributed by atoms with Gasteiger partial charge in [-0.3, -0.25) is 4.98 Å². The maximum Gasteiger partial charge on any atom is 0.0424 e. The van der Waals surface area contributed by atoms with Crippen LogP contribution in [0.15, 0.2) is 30.6 Å². The lowest BCUT2D eigenvalue weighted by Crippen LogP contribution is -2.08. The van der Waals surface area contributed by atoms with E-state index in [4.69, 9.17) is 5.73 Å². The lowest BCUT2D eigenvalue weighted by atomic mass is 10.1. The van der Waals surface area contributed by atoms with E-state index in [9.17, 15) is 0 Å². The van der Waals surface area contributed by atoms with Gasteiger partial charge in [0.05, 0.1) is 0 Å². The molecule has 1 atom stereocenters. The maximum absolute atomic E-state index is 5.96. The van der Waals surface area contributed by atoms with Crippen molar-refractivity contribution >= 4 is 22.1 Å². The molecule has 1 unspecified atom stereocenters. The molecular weight excluding hydrogens is 210 g/mol. The first-order valence-corrected chi connectivity index (χ1v) is 5.97. The van der Waals surface area contributed by atoms with Crippen molar-refractivity contribution in [3.63, 3.8) is 0 Å². The van der Waals surface area contributed by atoms with Crippen LogP contribution in [0.25, 0.3) is 10.8 Å². The molecule has 1 aromatic carbocycles. The van der Waals surface area contributed by atoms with Gasteiger partial charge in [0.15, 0.2) is 0 Å². The lowest BCUT2D eigenvalue weighted by Gasteiger charge is -2.12. The molecule has 0 spiro atoms. The molecule has 88 valence electrons. The van der Waals surface area contributed by atoms with Crippen LogP contribution in [-0.2, 0) is 0 Å². The Hall–Kier alpha value is -1.77. The molecule has 1 aliphatic rings. The Kier molecular flexibility index (Phi) is 2.05. The number of aromatic nitrogens is 1. The number of nitrogens with two attached hydrogens (primary N) is 1. The normalized spacial score (nSPS) is 21.4. The molecule has 0 bridgehead atoms. The van der Waals surface area contributed by atoms with Gasteiger partial charge < -0.3 is 11.1 Å². The number of benzene rings is 1. The van der Waals surface area contributed by atoms with E-state index in [2.05, 4.69) is 30.2 Å². The standard InChI is InChI=1S/C14H17N3/c1-14(2)7-13(14)17-12-4-3-11(15)10-8-16-6-5-9(10)12/h3-6,8,13,17H,7,15H2,1-2H3. The van der Waals surface area contributed by atoms with Gasteiger partial charge in [-0.05, 0) is 30.0 Å². The van der Waals surface area contributed by atoms with E-state index in [1.54, 1.807) is 0 Å². The Bertz CT molecular complexity index is 575. The zero-order valence-electron chi connectivity index (χ0n) is 10.2. The van der Waals surface area contributed by atoms with Crippen molar-refractivity contribution in [1.29, 1.82) is 0 Å². The highest BCUT2D eigenvalue weighted by molar-refractivity contribution is 6.00. The van der Waals surface area contributed by atoms with Gasteiger partial charge in [-0.15, -0.1) is 0 Å². The molecule has 3 rings (SSSR count). The molecule has 0 radical (unpaired) electrons. The minimum absolute atomic E-state index is 0.417. The van der Waals surface area contributed by atoms with Gasteiger partial charge in [0.2, 0.25) is 0 Å². The Labute approximate surface area is 101 Å². The highest BCUT2D eigenvalue weighted by atomic mass is 15.0. The Balaban J connectivity index is 2.03. The highest BCUT2D eigenvalue weighted by Crippen LogP contribution is 2.47. The van der Waals surface area contributed by atoms with E-state index < -0.39 is 0 Å². The van der Waals surface area contributed by atoms with Crippen molar-refractivity contribution < 1.29 is 0 Å². The van der Waals surface area contributed by atoms with Crippen molar-refractivity contribution in [2.45, 2.75) is 26.3 Å². The van der Waals surface area contributed by atoms with Crippen LogP contribution in [0, 0.1) is 5.41 Å². The Morgan fingerprint density at radius 1 is 1.29 bits per heavy atom. The molecule has 1 aliphatic carbocycles. The van der Waals surface area contributed by atoms with Crippen molar-refractivity contribution in [1.82, 2.24) is 4.98 Å². The van der Waals surface area contributed by atoms with Crippen molar-refractivity contribution in [3.05, 3.63) is 30.6 Å². The average Bonchev–Trinajstić information content (AvgIpc) is 2.91. The molecule has 1 aromatic heterocycles. The number of nitrogens with one attached hydrogen (secondary N) is 1. The number of pyridine rings is 1. The van der Waals surface area contributed by atoms with Gasteiger partial charge >= 0.3 is 0 Å². The monoisotopic (exact) mass is 227 g/mol. The first-order valence-electron chi connectivity index (χ1n) is 5.97. The van der Waals surface area contributed by atoms with E-state index in [0.29, 0.717) is 11.5 Å². The summed E-state index contributed by atoms with van der Waals surface area (Å²) in [4.78, 5) is 4.13. The van der Waals surface area contributed by atoms with Gasteiger partial charge in [0.25, 0.3) is 0 Å². The molecule has 3 heteroatoms. The Morgan fingerprint density at radius 3 is 2.76 bits per heavy atom. The first kappa shape index (κ1) is 10.4. The Morgan fingerprint density at radius 2 is 2.06 bits per heavy atom. The van der Waals surface area contributed by atoms with Crippen LogP contribution in [0.5, 0.6) is 0 Å². The molecule has 1 heterocycles. The van der Waals surface area contributed by atoms with Crippen LogP contribution in [0.4, 0.5) is 11.4 Å². The van der Waals surface area contributed by atoms with Gasteiger partial charge in [-0.2, -0.15) is 0 Å². The average molecular weight is 227 g/mol. The predicted octanol–water partition coefficient (Wildman–Crippen LogP) is 3.03. The van der Waals surface area contributed by atoms with Crippen molar-refractivity contribution in [2.75, 3.05) is 11.1 Å². The topological polar surface area (TPSA) is 50.9 Å². The number of nitrogen functional groups attached to an aromatic ring is 1. The fraction of sp³-hybridized carbons (Fsp3) is 0.357. The fourth-order valence-electron chi connectivity index (χ4n) is 2.24. The molecule has 0 aliphatic heterocycles. The van der Waals surface area contributed by atoms with E-state index in [1.807, 2.05) is 24.5 Å². The van der Waals surface area contributed by atoms with Crippen molar-refractivity contribution in [3.8, 4) is 0 Å². The van der Waals surface area contributed by atoms with Crippen LogP contribution in [-0.4, -0.2) is 11.0 Å². The highest BCUT2D eigenvalue weighted by Gasteiger charge is 2.45. The zero-order valence-corrected chi connectivity index (χ0v) is 10.2. The van der Waals surface area contributed by atoms with E-state index in [1.165, 1.54) is 6.42 Å². The van der Waals surface area contributed by atoms with Crippen molar-refractivity contribution in [2.24, 2.45) is 5.41 Å². The van der Waals surface area contributed by atoms with Crippen LogP contribution in [0.3, 0.4) is 0 Å². The molecule has 17 heavy (non-hydrogen) atoms. The van der Waals surface area contributed by atoms with Crippen LogP contribution < -0.4 is 11.1 Å². The SMILES string of the molecule is CC1(C)CC1Nc1ccc(N)c2cnccc12. The number of rotatable bonds is 2. The second-order valence-electron chi connectivity index (χ2n) is 5.51. The zero-order chi connectivity index (χ0) is 12.0. The van der Waals surface area contributed by atoms with Gasteiger partial charge in [0.1, 0.15) is 0 Å². The third-order valence-corrected chi connectivity index (χ3v) is 3.69. The van der Waals surface area contributed by atoms with Crippen LogP contribution in [0.2, 0.25) is 0 Å². The number of hydrogen-bond acceptors (Lipinski definition) is 3. The third-order valence-electron chi connectivity index (χ3n) is 3.69. The summed E-state index contributed by atoms with van der Waals surface area (Å²) in [5, 5.41) is 5.77. The summed E-state index contributed by atoms with van der Waals surface area (Å²) in [7, 11) is 0. The summed E-state index contributed by atoms with van der Waals surface area (Å²) in [6.07, 6.45) is 4.86. The largest absolute Gasteiger partial charge is 0.398 e. The number of hydrogen-bond donors (Lipinski definition) is 2. The smallest absolute Gasteiger partial charge is 0.0424 e. The summed E-state index contributed by atoms with van der Waals surface area (Å²) in [5.74, 6) is 0. The predicted molar refractivity (Wildman–Crippen MR) is 72.0 cm³/mol. The molecule has 0 amide bonds. The van der Waals surface area contributed by atoms with E-state index >= 15 is 0 Å². The minimum Gasteiger partial charge on any atom is -0.398 e. The molecule has 1 saturated carbocycles. The first-order chi connectivity index (χ1) is 8.08. The van der Waals surface area contributed by atoms with Crippen LogP contribution >= 0.6 is 0 Å². The number of nitrogens with zero attached hydrogens (tertiary/aromatic N) is 1. The maximum atomic E-state index is 5.96. The molecule has 3 N–H and O–H groups in total. The second kappa shape index (κ2) is 3.36. The molecule has 2 aromatic rings. The summed E-state index contributed by atoms with van der Waals surface area (Å²) in [6.45, 7) is 4.57. The molecule has 3 nitrogen and oxygen atoms in total. The van der Waals surface area contributed by atoms with E-state index in [-0.39, 0.29) is 0 Å². The van der Waals surface area contributed by atoms with E-state index in [0.717, 1.165) is 22.1 Å². The second-order valence-corrected chi connectivity index (χ2v) is 5.51. The molecular formula is C14H17N3. The minimum atomic E-state index is 0.417. The summed E-state index contributed by atoms with van der Waals surface area (Å²) in [6, 6.07) is 6.60.